The lowest BCUT2D eigenvalue weighted by Crippen LogP contribution is -2.12. The van der Waals surface area contributed by atoms with E-state index < -0.39 is 10.8 Å². The van der Waals surface area contributed by atoms with E-state index in [9.17, 15) is 14.9 Å². The Kier molecular flexibility index (Phi) is 3.86. The summed E-state index contributed by atoms with van der Waals surface area (Å²) in [6.07, 6.45) is 0. The second kappa shape index (κ2) is 5.58. The number of ether oxygens (including phenoxy) is 1. The fraction of sp³-hybridized carbons (Fsp3) is 0. The zero-order chi connectivity index (χ0) is 14.7. The summed E-state index contributed by atoms with van der Waals surface area (Å²) in [7, 11) is 0. The zero-order valence-electron chi connectivity index (χ0n) is 10.1. The monoisotopic (exact) mass is 292 g/mol. The zero-order valence-corrected chi connectivity index (χ0v) is 10.8. The lowest BCUT2D eigenvalue weighted by molar-refractivity contribution is -0.384. The van der Waals surface area contributed by atoms with Gasteiger partial charge in [0.15, 0.2) is 0 Å². The minimum Gasteiger partial charge on any atom is -0.455 e. The van der Waals surface area contributed by atoms with Gasteiger partial charge in [0.25, 0.3) is 11.6 Å². The first-order chi connectivity index (χ1) is 9.49. The summed E-state index contributed by atoms with van der Waals surface area (Å²) in [4.78, 5) is 21.3. The molecule has 0 atom stereocenters. The van der Waals surface area contributed by atoms with Crippen molar-refractivity contribution in [1.82, 2.24) is 0 Å². The van der Waals surface area contributed by atoms with Crippen LogP contribution in [-0.2, 0) is 0 Å². The van der Waals surface area contributed by atoms with E-state index >= 15 is 0 Å². The van der Waals surface area contributed by atoms with Crippen LogP contribution >= 0.6 is 11.6 Å². The van der Waals surface area contributed by atoms with Crippen molar-refractivity contribution in [1.29, 1.82) is 0 Å². The highest BCUT2D eigenvalue weighted by Gasteiger charge is 2.14. The van der Waals surface area contributed by atoms with Crippen LogP contribution in [0.5, 0.6) is 11.5 Å². The van der Waals surface area contributed by atoms with Gasteiger partial charge in [-0.15, -0.1) is 0 Å². The number of carbonyl (C=O) groups excluding carboxylic acids is 1. The molecule has 0 heterocycles. The summed E-state index contributed by atoms with van der Waals surface area (Å²) < 4.78 is 5.48. The van der Waals surface area contributed by atoms with Gasteiger partial charge in [-0.25, -0.2) is 0 Å². The SMILES string of the molecule is NC(=O)c1ccccc1Oc1ccc([N+](=O)[O-])cc1Cl. The third-order valence-electron chi connectivity index (χ3n) is 2.50. The van der Waals surface area contributed by atoms with Gasteiger partial charge in [0.2, 0.25) is 0 Å². The van der Waals surface area contributed by atoms with Gasteiger partial charge in [0.1, 0.15) is 11.5 Å². The van der Waals surface area contributed by atoms with Gasteiger partial charge in [0, 0.05) is 12.1 Å². The smallest absolute Gasteiger partial charge is 0.271 e. The van der Waals surface area contributed by atoms with Gasteiger partial charge in [-0.2, -0.15) is 0 Å². The summed E-state index contributed by atoms with van der Waals surface area (Å²) >= 11 is 5.91. The molecular formula is C13H9ClN2O4. The normalized spacial score (nSPS) is 10.1. The number of nitro benzene ring substituents is 1. The van der Waals surface area contributed by atoms with Crippen molar-refractivity contribution in [2.24, 2.45) is 5.73 Å². The molecule has 0 aliphatic rings. The molecule has 7 heteroatoms. The Morgan fingerprint density at radius 1 is 1.20 bits per heavy atom. The van der Waals surface area contributed by atoms with Crippen LogP contribution in [0.3, 0.4) is 0 Å². The third-order valence-corrected chi connectivity index (χ3v) is 2.79. The van der Waals surface area contributed by atoms with Gasteiger partial charge in [-0.05, 0) is 18.2 Å². The van der Waals surface area contributed by atoms with Crippen molar-refractivity contribution < 1.29 is 14.5 Å². The lowest BCUT2D eigenvalue weighted by Gasteiger charge is -2.10. The molecule has 2 rings (SSSR count). The van der Waals surface area contributed by atoms with Gasteiger partial charge in [-0.1, -0.05) is 23.7 Å². The van der Waals surface area contributed by atoms with Crippen LogP contribution in [0.4, 0.5) is 5.69 Å². The number of benzene rings is 2. The molecule has 0 unspecified atom stereocenters. The number of rotatable bonds is 4. The molecule has 0 fully saturated rings. The first kappa shape index (κ1) is 13.8. The number of halogens is 1. The Balaban J connectivity index is 2.36. The first-order valence-corrected chi connectivity index (χ1v) is 5.87. The van der Waals surface area contributed by atoms with E-state index in [4.69, 9.17) is 22.1 Å². The average molecular weight is 293 g/mol. The molecule has 0 radical (unpaired) electrons. The molecule has 102 valence electrons. The van der Waals surface area contributed by atoms with Gasteiger partial charge in [-0.3, -0.25) is 14.9 Å². The number of hydrogen-bond acceptors (Lipinski definition) is 4. The summed E-state index contributed by atoms with van der Waals surface area (Å²) in [5, 5.41) is 10.7. The number of nitrogens with two attached hydrogens (primary N) is 1. The quantitative estimate of drug-likeness (QED) is 0.691. The Labute approximate surface area is 118 Å². The molecule has 0 aliphatic heterocycles. The van der Waals surface area contributed by atoms with E-state index in [1.54, 1.807) is 18.2 Å². The van der Waals surface area contributed by atoms with Crippen LogP contribution < -0.4 is 10.5 Å². The van der Waals surface area contributed by atoms with E-state index in [2.05, 4.69) is 0 Å². The molecular weight excluding hydrogens is 284 g/mol. The Morgan fingerprint density at radius 3 is 2.50 bits per heavy atom. The fourth-order valence-corrected chi connectivity index (χ4v) is 1.78. The second-order valence-electron chi connectivity index (χ2n) is 3.83. The maximum Gasteiger partial charge on any atom is 0.271 e. The first-order valence-electron chi connectivity index (χ1n) is 5.49. The number of hydrogen-bond donors (Lipinski definition) is 1. The molecule has 2 aromatic carbocycles. The predicted octanol–water partition coefficient (Wildman–Crippen LogP) is 3.14. The number of primary amides is 1. The molecule has 1 amide bonds. The van der Waals surface area contributed by atoms with Gasteiger partial charge in [0.05, 0.1) is 15.5 Å². The molecule has 2 N–H and O–H groups in total. The van der Waals surface area contributed by atoms with Gasteiger partial charge < -0.3 is 10.5 Å². The van der Waals surface area contributed by atoms with Crippen molar-refractivity contribution in [2.45, 2.75) is 0 Å². The van der Waals surface area contributed by atoms with Crippen LogP contribution in [0.2, 0.25) is 5.02 Å². The molecule has 2 aromatic rings. The molecule has 6 nitrogen and oxygen atoms in total. The maximum atomic E-state index is 11.3. The van der Waals surface area contributed by atoms with E-state index in [0.29, 0.717) is 0 Å². The predicted molar refractivity (Wildman–Crippen MR) is 73.1 cm³/mol. The van der Waals surface area contributed by atoms with Crippen molar-refractivity contribution >= 4 is 23.2 Å². The third kappa shape index (κ3) is 2.86. The summed E-state index contributed by atoms with van der Waals surface area (Å²) in [6.45, 7) is 0. The van der Waals surface area contributed by atoms with Crippen LogP contribution in [0.1, 0.15) is 10.4 Å². The standard InChI is InChI=1S/C13H9ClN2O4/c14-10-7-8(16(18)19)5-6-12(10)20-11-4-2-1-3-9(11)13(15)17/h1-7H,(H2,15,17). The minimum atomic E-state index is -0.640. The Bertz CT molecular complexity index is 688. The number of carbonyl (C=O) groups is 1. The topological polar surface area (TPSA) is 95.5 Å². The van der Waals surface area contributed by atoms with Gasteiger partial charge >= 0.3 is 0 Å². The van der Waals surface area contributed by atoms with E-state index in [0.717, 1.165) is 0 Å². The molecule has 0 saturated carbocycles. The Morgan fingerprint density at radius 2 is 1.90 bits per heavy atom. The van der Waals surface area contributed by atoms with Crippen molar-refractivity contribution in [3.63, 3.8) is 0 Å². The summed E-state index contributed by atoms with van der Waals surface area (Å²) in [5.74, 6) is -0.208. The number of nitrogens with zero attached hydrogens (tertiary/aromatic N) is 1. The second-order valence-corrected chi connectivity index (χ2v) is 4.24. The van der Waals surface area contributed by atoms with Crippen molar-refractivity contribution in [3.05, 3.63) is 63.2 Å². The number of non-ortho nitro benzene ring substituents is 1. The average Bonchev–Trinajstić information content (AvgIpc) is 2.41. The maximum absolute atomic E-state index is 11.3. The van der Waals surface area contributed by atoms with Crippen molar-refractivity contribution in [3.8, 4) is 11.5 Å². The van der Waals surface area contributed by atoms with Crippen molar-refractivity contribution in [2.75, 3.05) is 0 Å². The number of nitro groups is 1. The highest BCUT2D eigenvalue weighted by Crippen LogP contribution is 2.33. The van der Waals surface area contributed by atoms with Crippen LogP contribution in [-0.4, -0.2) is 10.8 Å². The summed E-state index contributed by atoms with van der Waals surface area (Å²) in [6, 6.07) is 10.2. The van der Waals surface area contributed by atoms with E-state index in [1.807, 2.05) is 0 Å². The lowest BCUT2D eigenvalue weighted by atomic mass is 10.2. The minimum absolute atomic E-state index is 0.0680. The largest absolute Gasteiger partial charge is 0.455 e. The van der Waals surface area contributed by atoms with E-state index in [-0.39, 0.29) is 27.8 Å². The summed E-state index contributed by atoms with van der Waals surface area (Å²) in [5.41, 5.74) is 5.28. The fourth-order valence-electron chi connectivity index (χ4n) is 1.56. The highest BCUT2D eigenvalue weighted by atomic mass is 35.5. The molecule has 0 aliphatic carbocycles. The number of amides is 1. The Hall–Kier alpha value is -2.60. The molecule has 0 bridgehead atoms. The molecule has 0 saturated heterocycles. The highest BCUT2D eigenvalue weighted by molar-refractivity contribution is 6.32. The van der Waals surface area contributed by atoms with E-state index in [1.165, 1.54) is 24.3 Å². The van der Waals surface area contributed by atoms with Crippen LogP contribution in [0, 0.1) is 10.1 Å². The van der Waals surface area contributed by atoms with Crippen LogP contribution in [0.15, 0.2) is 42.5 Å². The molecule has 0 aromatic heterocycles. The molecule has 0 spiro atoms. The number of para-hydroxylation sites is 1. The molecule has 20 heavy (non-hydrogen) atoms. The van der Waals surface area contributed by atoms with Crippen LogP contribution in [0.25, 0.3) is 0 Å².